The van der Waals surface area contributed by atoms with E-state index in [1.54, 1.807) is 0 Å². The van der Waals surface area contributed by atoms with Gasteiger partial charge in [-0.1, -0.05) is 13.8 Å². The van der Waals surface area contributed by atoms with E-state index in [2.05, 4.69) is 38.1 Å². The molecule has 1 aromatic rings. The fourth-order valence-corrected chi connectivity index (χ4v) is 2.11. The van der Waals surface area contributed by atoms with E-state index < -0.39 is 0 Å². The quantitative estimate of drug-likeness (QED) is 0.820. The maximum Gasteiger partial charge on any atom is 0.0641 e. The molecule has 84 valence electrons. The van der Waals surface area contributed by atoms with Gasteiger partial charge < -0.3 is 5.32 Å². The molecule has 3 heteroatoms. The number of hydrogen-bond donors (Lipinski definition) is 1. The lowest BCUT2D eigenvalue weighted by molar-refractivity contribution is 0.540. The molecule has 1 N–H and O–H groups in total. The molecule has 1 aromatic heterocycles. The lowest BCUT2D eigenvalue weighted by Crippen LogP contribution is -2.20. The standard InChI is InChI=1S/C12H21N3/c1-8-10(9(2)15(5)14-8)7-13-11-6-12(11,3)4/h11,13H,6-7H2,1-5H3. The van der Waals surface area contributed by atoms with Gasteiger partial charge >= 0.3 is 0 Å². The minimum atomic E-state index is 0.504. The first kappa shape index (κ1) is 10.7. The second kappa shape index (κ2) is 3.34. The highest BCUT2D eigenvalue weighted by molar-refractivity contribution is 5.24. The van der Waals surface area contributed by atoms with Gasteiger partial charge in [0.1, 0.15) is 0 Å². The summed E-state index contributed by atoms with van der Waals surface area (Å²) < 4.78 is 1.96. The molecule has 0 bridgehead atoms. The Morgan fingerprint density at radius 1 is 1.47 bits per heavy atom. The zero-order chi connectivity index (χ0) is 11.2. The third kappa shape index (κ3) is 1.93. The Labute approximate surface area is 91.9 Å². The molecule has 1 aliphatic rings. The molecule has 0 radical (unpaired) electrons. The molecule has 1 aliphatic carbocycles. The minimum absolute atomic E-state index is 0.504. The fourth-order valence-electron chi connectivity index (χ4n) is 2.11. The fraction of sp³-hybridized carbons (Fsp3) is 0.750. The van der Waals surface area contributed by atoms with Crippen LogP contribution in [-0.4, -0.2) is 15.8 Å². The average molecular weight is 207 g/mol. The van der Waals surface area contributed by atoms with Crippen LogP contribution in [0.15, 0.2) is 0 Å². The molecular weight excluding hydrogens is 186 g/mol. The maximum atomic E-state index is 4.42. The highest BCUT2D eigenvalue weighted by Gasteiger charge is 2.45. The van der Waals surface area contributed by atoms with Gasteiger partial charge in [0.05, 0.1) is 5.69 Å². The van der Waals surface area contributed by atoms with Crippen LogP contribution in [0, 0.1) is 19.3 Å². The summed E-state index contributed by atoms with van der Waals surface area (Å²) in [4.78, 5) is 0. The van der Waals surface area contributed by atoms with Gasteiger partial charge in [-0.15, -0.1) is 0 Å². The van der Waals surface area contributed by atoms with Crippen LogP contribution in [0.2, 0.25) is 0 Å². The van der Waals surface area contributed by atoms with E-state index in [1.165, 1.54) is 17.7 Å². The summed E-state index contributed by atoms with van der Waals surface area (Å²) in [5.41, 5.74) is 4.30. The van der Waals surface area contributed by atoms with Crippen molar-refractivity contribution in [3.05, 3.63) is 17.0 Å². The molecule has 0 aromatic carbocycles. The normalized spacial score (nSPS) is 23.1. The van der Waals surface area contributed by atoms with Crippen LogP contribution in [0.3, 0.4) is 0 Å². The van der Waals surface area contributed by atoms with Gasteiger partial charge in [0.2, 0.25) is 0 Å². The number of aromatic nitrogens is 2. The highest BCUT2D eigenvalue weighted by Crippen LogP contribution is 2.44. The van der Waals surface area contributed by atoms with Crippen LogP contribution in [0.1, 0.15) is 37.2 Å². The van der Waals surface area contributed by atoms with E-state index in [9.17, 15) is 0 Å². The summed E-state index contributed by atoms with van der Waals surface area (Å²) in [6.07, 6.45) is 1.30. The first-order valence-electron chi connectivity index (χ1n) is 5.64. The topological polar surface area (TPSA) is 29.9 Å². The predicted molar refractivity (Wildman–Crippen MR) is 61.7 cm³/mol. The van der Waals surface area contributed by atoms with E-state index >= 15 is 0 Å². The van der Waals surface area contributed by atoms with Crippen LogP contribution < -0.4 is 5.32 Å². The second-order valence-corrected chi connectivity index (χ2v) is 5.40. The van der Waals surface area contributed by atoms with Crippen LogP contribution >= 0.6 is 0 Å². The number of hydrogen-bond acceptors (Lipinski definition) is 2. The number of aryl methyl sites for hydroxylation is 2. The Hall–Kier alpha value is -0.830. The molecule has 0 saturated heterocycles. The van der Waals surface area contributed by atoms with Crippen molar-refractivity contribution >= 4 is 0 Å². The average Bonchev–Trinajstić information content (AvgIpc) is 2.65. The molecule has 3 nitrogen and oxygen atoms in total. The van der Waals surface area contributed by atoms with Crippen molar-refractivity contribution in [2.24, 2.45) is 12.5 Å². The van der Waals surface area contributed by atoms with Gasteiger partial charge in [-0.3, -0.25) is 4.68 Å². The van der Waals surface area contributed by atoms with Gasteiger partial charge in [-0.2, -0.15) is 5.10 Å². The van der Waals surface area contributed by atoms with Crippen molar-refractivity contribution < 1.29 is 0 Å². The van der Waals surface area contributed by atoms with Gasteiger partial charge in [0.25, 0.3) is 0 Å². The molecule has 0 amide bonds. The summed E-state index contributed by atoms with van der Waals surface area (Å²) in [5, 5.41) is 8.03. The van der Waals surface area contributed by atoms with Crippen LogP contribution in [-0.2, 0) is 13.6 Å². The van der Waals surface area contributed by atoms with Crippen LogP contribution in [0.25, 0.3) is 0 Å². The Kier molecular flexibility index (Phi) is 2.38. The van der Waals surface area contributed by atoms with Crippen LogP contribution in [0.5, 0.6) is 0 Å². The number of nitrogens with one attached hydrogen (secondary N) is 1. The van der Waals surface area contributed by atoms with E-state index in [0.29, 0.717) is 11.5 Å². The molecule has 15 heavy (non-hydrogen) atoms. The van der Waals surface area contributed by atoms with E-state index in [4.69, 9.17) is 0 Å². The zero-order valence-electron chi connectivity index (χ0n) is 10.4. The van der Waals surface area contributed by atoms with Gasteiger partial charge in [0.15, 0.2) is 0 Å². The van der Waals surface area contributed by atoms with Gasteiger partial charge in [-0.05, 0) is 25.7 Å². The van der Waals surface area contributed by atoms with Crippen molar-refractivity contribution in [3.63, 3.8) is 0 Å². The summed E-state index contributed by atoms with van der Waals surface area (Å²) >= 11 is 0. The SMILES string of the molecule is Cc1nn(C)c(C)c1CNC1CC1(C)C. The van der Waals surface area contributed by atoms with Crippen molar-refractivity contribution in [1.29, 1.82) is 0 Å². The summed E-state index contributed by atoms with van der Waals surface area (Å²) in [5.74, 6) is 0. The van der Waals surface area contributed by atoms with Gasteiger partial charge in [-0.25, -0.2) is 0 Å². The second-order valence-electron chi connectivity index (χ2n) is 5.40. The molecule has 1 fully saturated rings. The van der Waals surface area contributed by atoms with E-state index in [0.717, 1.165) is 12.2 Å². The molecule has 0 spiro atoms. The summed E-state index contributed by atoms with van der Waals surface area (Å²) in [6.45, 7) is 9.80. The van der Waals surface area contributed by atoms with Gasteiger partial charge in [0, 0.05) is 30.9 Å². The molecule has 0 aliphatic heterocycles. The lowest BCUT2D eigenvalue weighted by Gasteiger charge is -2.06. The van der Waals surface area contributed by atoms with E-state index in [1.807, 2.05) is 11.7 Å². The largest absolute Gasteiger partial charge is 0.309 e. The smallest absolute Gasteiger partial charge is 0.0641 e. The molecular formula is C12H21N3. The van der Waals surface area contributed by atoms with Crippen molar-refractivity contribution in [2.75, 3.05) is 0 Å². The Morgan fingerprint density at radius 3 is 2.47 bits per heavy atom. The molecule has 1 unspecified atom stereocenters. The van der Waals surface area contributed by atoms with Crippen molar-refractivity contribution in [1.82, 2.24) is 15.1 Å². The monoisotopic (exact) mass is 207 g/mol. The van der Waals surface area contributed by atoms with E-state index in [-0.39, 0.29) is 0 Å². The molecule has 1 saturated carbocycles. The zero-order valence-corrected chi connectivity index (χ0v) is 10.4. The first-order chi connectivity index (χ1) is 6.92. The van der Waals surface area contributed by atoms with Crippen LogP contribution in [0.4, 0.5) is 0 Å². The summed E-state index contributed by atoms with van der Waals surface area (Å²) in [6, 6.07) is 0.691. The lowest BCUT2D eigenvalue weighted by atomic mass is 10.1. The Balaban J connectivity index is 2.00. The minimum Gasteiger partial charge on any atom is -0.309 e. The maximum absolute atomic E-state index is 4.42. The highest BCUT2D eigenvalue weighted by atomic mass is 15.3. The Bertz CT molecular complexity index is 376. The molecule has 2 rings (SSSR count). The van der Waals surface area contributed by atoms with Crippen molar-refractivity contribution in [2.45, 2.75) is 46.7 Å². The number of rotatable bonds is 3. The van der Waals surface area contributed by atoms with Crippen molar-refractivity contribution in [3.8, 4) is 0 Å². The predicted octanol–water partition coefficient (Wildman–Crippen LogP) is 1.93. The first-order valence-corrected chi connectivity index (χ1v) is 5.64. The number of nitrogens with zero attached hydrogens (tertiary/aromatic N) is 2. The third-order valence-electron chi connectivity index (χ3n) is 3.70. The summed E-state index contributed by atoms with van der Waals surface area (Å²) in [7, 11) is 2.01. The third-order valence-corrected chi connectivity index (χ3v) is 3.70. The molecule has 1 heterocycles. The Morgan fingerprint density at radius 2 is 2.07 bits per heavy atom. The molecule has 1 atom stereocenters.